The van der Waals surface area contributed by atoms with Crippen LogP contribution in [0.5, 0.6) is 0 Å². The molecule has 0 saturated carbocycles. The summed E-state index contributed by atoms with van der Waals surface area (Å²) in [5, 5.41) is 8.00. The first-order valence-electron chi connectivity index (χ1n) is 8.60. The van der Waals surface area contributed by atoms with Crippen molar-refractivity contribution in [2.24, 2.45) is 0 Å². The minimum Gasteiger partial charge on any atom is -0.466 e. The molecule has 0 radical (unpaired) electrons. The average Bonchev–Trinajstić information content (AvgIpc) is 3.16. The van der Waals surface area contributed by atoms with E-state index in [-0.39, 0.29) is 13.2 Å². The minimum atomic E-state index is -0.958. The zero-order valence-electron chi connectivity index (χ0n) is 16.2. The summed E-state index contributed by atoms with van der Waals surface area (Å²) in [4.78, 5) is 45.9. The first-order chi connectivity index (χ1) is 14.4. The Bertz CT molecular complexity index is 979. The van der Waals surface area contributed by atoms with Crippen LogP contribution in [0.4, 0.5) is 0 Å². The molecule has 0 amide bonds. The summed E-state index contributed by atoms with van der Waals surface area (Å²) < 4.78 is 20.5. The number of aromatic nitrogens is 3. The highest BCUT2D eigenvalue weighted by molar-refractivity contribution is 5.92. The Labute approximate surface area is 170 Å². The fraction of sp³-hybridized carbons (Fsp3) is 0.263. The Hall–Kier alpha value is -4.02. The highest BCUT2D eigenvalue weighted by Crippen LogP contribution is 2.11. The average molecular weight is 417 g/mol. The molecule has 0 aliphatic heterocycles. The van der Waals surface area contributed by atoms with Gasteiger partial charge in [0.25, 0.3) is 0 Å². The number of nitrogens with zero attached hydrogens (tertiary/aromatic N) is 3. The third kappa shape index (κ3) is 6.86. The third-order valence-corrected chi connectivity index (χ3v) is 3.60. The Morgan fingerprint density at radius 2 is 1.53 bits per heavy atom. The number of para-hydroxylation sites is 1. The fourth-order valence-electron chi connectivity index (χ4n) is 2.20. The van der Waals surface area contributed by atoms with Gasteiger partial charge in [-0.15, -0.1) is 5.10 Å². The van der Waals surface area contributed by atoms with Crippen LogP contribution in [-0.4, -0.2) is 65.8 Å². The van der Waals surface area contributed by atoms with E-state index in [2.05, 4.69) is 19.8 Å². The van der Waals surface area contributed by atoms with E-state index in [1.807, 2.05) is 0 Å². The maximum absolute atomic E-state index is 12.0. The van der Waals surface area contributed by atoms with Crippen molar-refractivity contribution in [1.29, 1.82) is 0 Å². The number of ether oxygens (including phenoxy) is 4. The summed E-state index contributed by atoms with van der Waals surface area (Å²) in [6.07, 6.45) is 2.60. The largest absolute Gasteiger partial charge is 0.466 e. The maximum Gasteiger partial charge on any atom is 0.331 e. The van der Waals surface area contributed by atoms with Crippen molar-refractivity contribution in [2.75, 3.05) is 20.8 Å². The predicted octanol–water partition coefficient (Wildman–Crippen LogP) is 0.345. The zero-order chi connectivity index (χ0) is 21.9. The Balaban J connectivity index is 2.09. The molecule has 0 fully saturated rings. The van der Waals surface area contributed by atoms with Crippen molar-refractivity contribution in [3.63, 3.8) is 0 Å². The van der Waals surface area contributed by atoms with Gasteiger partial charge < -0.3 is 18.9 Å². The Morgan fingerprint density at radius 3 is 2.20 bits per heavy atom. The SMILES string of the molecule is COC(=O)/C=C/C(=O)OCC(Cn1nnc2ccccc21)OC(=O)/C=C/C(=O)OC. The topological polar surface area (TPSA) is 136 Å². The van der Waals surface area contributed by atoms with Gasteiger partial charge in [0.1, 0.15) is 12.1 Å². The molecule has 0 N–H and O–H groups in total. The zero-order valence-corrected chi connectivity index (χ0v) is 16.2. The van der Waals surface area contributed by atoms with Gasteiger partial charge in [-0.3, -0.25) is 0 Å². The number of hydrogen-bond donors (Lipinski definition) is 0. The lowest BCUT2D eigenvalue weighted by atomic mass is 10.3. The quantitative estimate of drug-likeness (QED) is 0.319. The highest BCUT2D eigenvalue weighted by Gasteiger charge is 2.18. The van der Waals surface area contributed by atoms with Crippen LogP contribution in [-0.2, 0) is 44.7 Å². The van der Waals surface area contributed by atoms with E-state index in [1.165, 1.54) is 4.68 Å². The third-order valence-electron chi connectivity index (χ3n) is 3.60. The van der Waals surface area contributed by atoms with Crippen molar-refractivity contribution in [3.05, 3.63) is 48.6 Å². The normalized spacial score (nSPS) is 12.1. The summed E-state index contributed by atoms with van der Waals surface area (Å²) in [5.74, 6) is -3.15. The van der Waals surface area contributed by atoms with E-state index in [9.17, 15) is 19.2 Å². The van der Waals surface area contributed by atoms with Crippen LogP contribution in [0.1, 0.15) is 0 Å². The van der Waals surface area contributed by atoms with Crippen LogP contribution in [0.2, 0.25) is 0 Å². The first kappa shape index (κ1) is 22.3. The van der Waals surface area contributed by atoms with Gasteiger partial charge in [-0.1, -0.05) is 17.3 Å². The van der Waals surface area contributed by atoms with Crippen molar-refractivity contribution >= 4 is 34.9 Å². The van der Waals surface area contributed by atoms with E-state index in [0.717, 1.165) is 38.5 Å². The van der Waals surface area contributed by atoms with Crippen molar-refractivity contribution in [3.8, 4) is 0 Å². The number of carbonyl (C=O) groups excluding carboxylic acids is 4. The van der Waals surface area contributed by atoms with Crippen molar-refractivity contribution in [2.45, 2.75) is 12.6 Å². The van der Waals surface area contributed by atoms with Gasteiger partial charge >= 0.3 is 23.9 Å². The van der Waals surface area contributed by atoms with Gasteiger partial charge in [0.15, 0.2) is 6.10 Å². The summed E-state index contributed by atoms with van der Waals surface area (Å²) in [5.41, 5.74) is 1.31. The van der Waals surface area contributed by atoms with Crippen LogP contribution in [0.3, 0.4) is 0 Å². The molecule has 0 saturated heterocycles. The number of fused-ring (bicyclic) bond motifs is 1. The van der Waals surface area contributed by atoms with Crippen LogP contribution < -0.4 is 0 Å². The summed E-state index contributed by atoms with van der Waals surface area (Å²) in [6.45, 7) is -0.317. The highest BCUT2D eigenvalue weighted by atomic mass is 16.6. The summed E-state index contributed by atoms with van der Waals surface area (Å²) in [6, 6.07) is 7.12. The van der Waals surface area contributed by atoms with E-state index in [0.29, 0.717) is 11.0 Å². The molecule has 2 rings (SSSR count). The van der Waals surface area contributed by atoms with E-state index in [4.69, 9.17) is 9.47 Å². The second kappa shape index (κ2) is 11.1. The molecule has 11 heteroatoms. The lowest BCUT2D eigenvalue weighted by molar-refractivity contribution is -0.153. The van der Waals surface area contributed by atoms with Gasteiger partial charge in [0.2, 0.25) is 0 Å². The predicted molar refractivity (Wildman–Crippen MR) is 101 cm³/mol. The van der Waals surface area contributed by atoms with Gasteiger partial charge in [0.05, 0.1) is 26.3 Å². The molecular formula is C19H19N3O8. The molecule has 1 heterocycles. The fourth-order valence-corrected chi connectivity index (χ4v) is 2.20. The molecule has 0 bridgehead atoms. The molecule has 0 spiro atoms. The number of rotatable bonds is 9. The van der Waals surface area contributed by atoms with Gasteiger partial charge in [-0.25, -0.2) is 23.9 Å². The number of benzene rings is 1. The number of methoxy groups -OCH3 is 2. The molecule has 11 nitrogen and oxygen atoms in total. The lowest BCUT2D eigenvalue weighted by Gasteiger charge is -2.17. The summed E-state index contributed by atoms with van der Waals surface area (Å²) in [7, 11) is 2.33. The molecule has 1 unspecified atom stereocenters. The summed E-state index contributed by atoms with van der Waals surface area (Å²) >= 11 is 0. The first-order valence-corrected chi connectivity index (χ1v) is 8.60. The molecule has 1 atom stereocenters. The van der Waals surface area contributed by atoms with Gasteiger partial charge in [-0.2, -0.15) is 0 Å². The molecule has 1 aromatic heterocycles. The molecule has 158 valence electrons. The minimum absolute atomic E-state index is 0.0202. The molecular weight excluding hydrogens is 398 g/mol. The monoisotopic (exact) mass is 417 g/mol. The molecule has 0 aliphatic rings. The van der Waals surface area contributed by atoms with Crippen molar-refractivity contribution < 1.29 is 38.1 Å². The Morgan fingerprint density at radius 1 is 0.933 bits per heavy atom. The van der Waals surface area contributed by atoms with E-state index in [1.54, 1.807) is 24.3 Å². The Kier molecular flexibility index (Phi) is 8.24. The second-order valence-electron chi connectivity index (χ2n) is 5.66. The van der Waals surface area contributed by atoms with Gasteiger partial charge in [0, 0.05) is 24.3 Å². The van der Waals surface area contributed by atoms with E-state index >= 15 is 0 Å². The number of hydrogen-bond acceptors (Lipinski definition) is 10. The second-order valence-corrected chi connectivity index (χ2v) is 5.66. The van der Waals surface area contributed by atoms with Crippen molar-refractivity contribution in [1.82, 2.24) is 15.0 Å². The van der Waals surface area contributed by atoms with E-state index < -0.39 is 30.0 Å². The molecule has 30 heavy (non-hydrogen) atoms. The molecule has 0 aliphatic carbocycles. The molecule has 2 aromatic rings. The van der Waals surface area contributed by atoms with Crippen LogP contribution in [0.25, 0.3) is 11.0 Å². The smallest absolute Gasteiger partial charge is 0.331 e. The number of esters is 4. The lowest BCUT2D eigenvalue weighted by Crippen LogP contribution is -2.29. The molecule has 1 aromatic carbocycles. The van der Waals surface area contributed by atoms with Crippen LogP contribution in [0, 0.1) is 0 Å². The standard InChI is InChI=1S/C19H19N3O8/c1-27-16(23)7-9-18(25)29-12-13(30-19(26)10-8-17(24)28-2)11-22-15-6-4-3-5-14(15)20-21-22/h3-10,13H,11-12H2,1-2H3/b9-7+,10-8+. The van der Waals surface area contributed by atoms with Gasteiger partial charge in [-0.05, 0) is 12.1 Å². The number of carbonyl (C=O) groups is 4. The maximum atomic E-state index is 12.0. The van der Waals surface area contributed by atoms with Crippen LogP contribution >= 0.6 is 0 Å². The van der Waals surface area contributed by atoms with Crippen LogP contribution in [0.15, 0.2) is 48.6 Å².